The van der Waals surface area contributed by atoms with Crippen LogP contribution < -0.4 is 5.73 Å². The minimum atomic E-state index is -4.23. The number of thioether (sulfide) groups is 1. The smallest absolute Gasteiger partial charge is 0.272 e. The third-order valence-corrected chi connectivity index (χ3v) is 7.39. The third-order valence-electron chi connectivity index (χ3n) is 4.38. The highest BCUT2D eigenvalue weighted by Gasteiger charge is 2.48. The van der Waals surface area contributed by atoms with E-state index in [-0.39, 0.29) is 32.6 Å². The Hall–Kier alpha value is -3.25. The number of ketones is 1. The van der Waals surface area contributed by atoms with Crippen LogP contribution in [0.5, 0.6) is 0 Å². The van der Waals surface area contributed by atoms with Crippen LogP contribution in [-0.4, -0.2) is 45.0 Å². The first kappa shape index (κ1) is 19.1. The first-order valence-corrected chi connectivity index (χ1v) is 10.6. The molecular formula is C17H14N6O4S2. The number of nitrogens with two attached hydrogens (primary N) is 1. The molecule has 0 spiro atoms. The molecule has 1 aliphatic heterocycles. The second kappa shape index (κ2) is 6.97. The summed E-state index contributed by atoms with van der Waals surface area (Å²) in [6, 6.07) is 11.1. The molecule has 2 aromatic carbocycles. The standard InChI is InChI=1S/C17H14N6O4S2/c1-9(24)11-7-8-12-13(14(11)18)15(25)23(29(12,26)27)16(10-5-3-2-4-6-10)28-17-19-21-22-20-17/h2-8,16H,18H2,1H3,(H,19,20,21,22). The maximum absolute atomic E-state index is 13.3. The number of carbonyl (C=O) groups excluding carboxylic acids is 2. The Morgan fingerprint density at radius 3 is 2.55 bits per heavy atom. The quantitative estimate of drug-likeness (QED) is 0.349. The normalized spacial score (nSPS) is 15.9. The number of nitrogens with one attached hydrogen (secondary N) is 1. The van der Waals surface area contributed by atoms with Gasteiger partial charge in [0, 0.05) is 5.56 Å². The van der Waals surface area contributed by atoms with Crippen molar-refractivity contribution in [1.29, 1.82) is 0 Å². The van der Waals surface area contributed by atoms with Crippen molar-refractivity contribution in [2.45, 2.75) is 22.3 Å². The summed E-state index contributed by atoms with van der Waals surface area (Å²) in [5.41, 5.74) is 6.29. The second-order valence-electron chi connectivity index (χ2n) is 6.14. The van der Waals surface area contributed by atoms with Crippen molar-refractivity contribution in [2.75, 3.05) is 5.73 Å². The lowest BCUT2D eigenvalue weighted by molar-refractivity contribution is 0.0862. The molecule has 0 bridgehead atoms. The Bertz CT molecular complexity index is 1210. The van der Waals surface area contributed by atoms with E-state index in [1.54, 1.807) is 30.3 Å². The van der Waals surface area contributed by atoms with Gasteiger partial charge in [0.25, 0.3) is 15.9 Å². The van der Waals surface area contributed by atoms with E-state index in [1.165, 1.54) is 19.1 Å². The molecule has 3 N–H and O–H groups in total. The Morgan fingerprint density at radius 1 is 1.21 bits per heavy atom. The SMILES string of the molecule is CC(=O)c1ccc2c(c1N)C(=O)N(C(Sc1nn[nH]n1)c1ccccc1)S2(=O)=O. The average Bonchev–Trinajstić information content (AvgIpc) is 3.26. The molecule has 12 heteroatoms. The average molecular weight is 430 g/mol. The number of Topliss-reactive ketones (excluding diaryl/α,β-unsaturated/α-hetero) is 1. The van der Waals surface area contributed by atoms with Crippen LogP contribution in [0.3, 0.4) is 0 Å². The fraction of sp³-hybridized carbons (Fsp3) is 0.118. The molecule has 0 saturated heterocycles. The van der Waals surface area contributed by atoms with Crippen LogP contribution in [-0.2, 0) is 10.0 Å². The molecule has 1 atom stereocenters. The summed E-state index contributed by atoms with van der Waals surface area (Å²) in [5.74, 6) is -1.18. The molecule has 2 heterocycles. The van der Waals surface area contributed by atoms with Gasteiger partial charge in [0.15, 0.2) is 5.78 Å². The zero-order valence-corrected chi connectivity index (χ0v) is 16.6. The molecule has 0 aliphatic carbocycles. The number of hydrogen-bond acceptors (Lipinski definition) is 9. The van der Waals surface area contributed by atoms with Gasteiger partial charge in [0.2, 0.25) is 5.16 Å². The number of sulfonamides is 1. The Balaban J connectivity index is 1.88. The molecule has 10 nitrogen and oxygen atoms in total. The molecule has 0 saturated carbocycles. The van der Waals surface area contributed by atoms with E-state index in [0.29, 0.717) is 5.56 Å². The number of nitrogen functional groups attached to an aromatic ring is 1. The molecule has 1 aromatic heterocycles. The number of rotatable bonds is 5. The number of tetrazole rings is 1. The van der Waals surface area contributed by atoms with Gasteiger partial charge in [0.1, 0.15) is 10.3 Å². The third kappa shape index (κ3) is 3.06. The fourth-order valence-electron chi connectivity index (χ4n) is 3.07. The predicted octanol–water partition coefficient (Wildman–Crippen LogP) is 1.62. The molecular weight excluding hydrogens is 416 g/mol. The first-order chi connectivity index (χ1) is 13.8. The van der Waals surface area contributed by atoms with Crippen molar-refractivity contribution in [3.05, 3.63) is 59.2 Å². The van der Waals surface area contributed by atoms with Crippen molar-refractivity contribution in [1.82, 2.24) is 24.9 Å². The van der Waals surface area contributed by atoms with Gasteiger partial charge >= 0.3 is 0 Å². The zero-order valence-electron chi connectivity index (χ0n) is 14.9. The van der Waals surface area contributed by atoms with Crippen molar-refractivity contribution in [3.63, 3.8) is 0 Å². The molecule has 1 unspecified atom stereocenters. The van der Waals surface area contributed by atoms with E-state index in [9.17, 15) is 18.0 Å². The van der Waals surface area contributed by atoms with Gasteiger partial charge in [-0.15, -0.1) is 10.2 Å². The monoisotopic (exact) mass is 430 g/mol. The maximum Gasteiger partial charge on any atom is 0.272 e. The summed E-state index contributed by atoms with van der Waals surface area (Å²) in [6.07, 6.45) is 0. The van der Waals surface area contributed by atoms with Crippen molar-refractivity contribution in [3.8, 4) is 0 Å². The molecule has 0 fully saturated rings. The highest BCUT2D eigenvalue weighted by atomic mass is 32.2. The number of aromatic nitrogens is 4. The van der Waals surface area contributed by atoms with Gasteiger partial charge in [-0.2, -0.15) is 5.21 Å². The largest absolute Gasteiger partial charge is 0.397 e. The van der Waals surface area contributed by atoms with Gasteiger partial charge in [-0.1, -0.05) is 42.1 Å². The second-order valence-corrected chi connectivity index (χ2v) is 8.97. The Labute approximate surface area is 169 Å². The number of anilines is 1. The number of carbonyl (C=O) groups is 2. The van der Waals surface area contributed by atoms with Gasteiger partial charge in [-0.3, -0.25) is 9.59 Å². The zero-order chi connectivity index (χ0) is 20.8. The van der Waals surface area contributed by atoms with Gasteiger partial charge in [-0.05, 0) is 29.8 Å². The lowest BCUT2D eigenvalue weighted by Crippen LogP contribution is -2.33. The van der Waals surface area contributed by atoms with E-state index in [4.69, 9.17) is 5.73 Å². The Morgan fingerprint density at radius 2 is 1.93 bits per heavy atom. The van der Waals surface area contributed by atoms with E-state index in [1.807, 2.05) is 0 Å². The molecule has 29 heavy (non-hydrogen) atoms. The van der Waals surface area contributed by atoms with Crippen LogP contribution in [0.15, 0.2) is 52.5 Å². The van der Waals surface area contributed by atoms with Crippen molar-refractivity contribution < 1.29 is 18.0 Å². The summed E-state index contributed by atoms with van der Waals surface area (Å²) in [4.78, 5) is 24.8. The van der Waals surface area contributed by atoms with Crippen LogP contribution >= 0.6 is 11.8 Å². The summed E-state index contributed by atoms with van der Waals surface area (Å²) in [6.45, 7) is 1.29. The lowest BCUT2D eigenvalue weighted by atomic mass is 10.0. The first-order valence-electron chi connectivity index (χ1n) is 8.29. The van der Waals surface area contributed by atoms with E-state index < -0.39 is 21.3 Å². The van der Waals surface area contributed by atoms with E-state index in [2.05, 4.69) is 20.6 Å². The summed E-state index contributed by atoms with van der Waals surface area (Å²) < 4.78 is 27.3. The molecule has 1 amide bonds. The molecule has 3 aromatic rings. The fourth-order valence-corrected chi connectivity index (χ4v) is 6.00. The number of H-pyrrole nitrogens is 1. The van der Waals surface area contributed by atoms with Crippen LogP contribution in [0.2, 0.25) is 0 Å². The lowest BCUT2D eigenvalue weighted by Gasteiger charge is -2.25. The maximum atomic E-state index is 13.3. The van der Waals surface area contributed by atoms with Gasteiger partial charge in [-0.25, -0.2) is 12.7 Å². The topological polar surface area (TPSA) is 152 Å². The van der Waals surface area contributed by atoms with E-state index in [0.717, 1.165) is 16.1 Å². The summed E-state index contributed by atoms with van der Waals surface area (Å²) in [7, 11) is -4.23. The number of benzene rings is 2. The highest BCUT2D eigenvalue weighted by molar-refractivity contribution is 8.00. The predicted molar refractivity (Wildman–Crippen MR) is 103 cm³/mol. The molecule has 1 aliphatic rings. The van der Waals surface area contributed by atoms with E-state index >= 15 is 0 Å². The number of nitrogens with zero attached hydrogens (tertiary/aromatic N) is 4. The minimum absolute atomic E-state index is 0.0937. The van der Waals surface area contributed by atoms with Crippen LogP contribution in [0, 0.1) is 0 Å². The van der Waals surface area contributed by atoms with Crippen molar-refractivity contribution >= 4 is 39.2 Å². The van der Waals surface area contributed by atoms with Crippen molar-refractivity contribution in [2.24, 2.45) is 0 Å². The van der Waals surface area contributed by atoms with Crippen LogP contribution in [0.1, 0.15) is 38.6 Å². The van der Waals surface area contributed by atoms with Crippen LogP contribution in [0.4, 0.5) is 5.69 Å². The van der Waals surface area contributed by atoms with Gasteiger partial charge < -0.3 is 5.73 Å². The number of aromatic amines is 1. The summed E-state index contributed by atoms with van der Waals surface area (Å²) in [5, 5.41) is 12.6. The number of amides is 1. The molecule has 148 valence electrons. The molecule has 0 radical (unpaired) electrons. The van der Waals surface area contributed by atoms with Gasteiger partial charge in [0.05, 0.1) is 11.3 Å². The Kier molecular flexibility index (Phi) is 4.59. The minimum Gasteiger partial charge on any atom is -0.397 e. The number of fused-ring (bicyclic) bond motifs is 1. The summed E-state index contributed by atoms with van der Waals surface area (Å²) >= 11 is 0.941. The van der Waals surface area contributed by atoms with Crippen LogP contribution in [0.25, 0.3) is 0 Å². The molecule has 4 rings (SSSR count). The highest BCUT2D eigenvalue weighted by Crippen LogP contribution is 2.45. The number of hydrogen-bond donors (Lipinski definition) is 2.